The van der Waals surface area contributed by atoms with Gasteiger partial charge >= 0.3 is 6.09 Å². The van der Waals surface area contributed by atoms with E-state index < -0.39 is 5.60 Å². The van der Waals surface area contributed by atoms with Crippen LogP contribution in [0.2, 0.25) is 0 Å². The van der Waals surface area contributed by atoms with Gasteiger partial charge in [-0.1, -0.05) is 0 Å². The number of carbonyl (C=O) groups excluding carboxylic acids is 1. The van der Waals surface area contributed by atoms with Crippen molar-refractivity contribution in [3.05, 3.63) is 0 Å². The average molecular weight is 246 g/mol. The van der Waals surface area contributed by atoms with E-state index in [4.69, 9.17) is 9.47 Å². The minimum atomic E-state index is -0.428. The van der Waals surface area contributed by atoms with Crippen LogP contribution < -0.4 is 10.6 Å². The second-order valence-electron chi connectivity index (χ2n) is 4.88. The molecule has 0 bridgehead atoms. The summed E-state index contributed by atoms with van der Waals surface area (Å²) < 4.78 is 10.0. The average Bonchev–Trinajstić information content (AvgIpc) is 2.19. The molecule has 0 unspecified atom stereocenters. The Morgan fingerprint density at radius 3 is 2.35 bits per heavy atom. The van der Waals surface area contributed by atoms with E-state index in [2.05, 4.69) is 10.6 Å². The highest BCUT2D eigenvalue weighted by molar-refractivity contribution is 5.67. The molecular formula is C12H26N2O3. The fourth-order valence-electron chi connectivity index (χ4n) is 1.18. The highest BCUT2D eigenvalue weighted by atomic mass is 16.6. The second-order valence-corrected chi connectivity index (χ2v) is 4.88. The van der Waals surface area contributed by atoms with Crippen molar-refractivity contribution in [2.75, 3.05) is 33.4 Å². The largest absolute Gasteiger partial charge is 0.444 e. The molecule has 0 aromatic rings. The zero-order chi connectivity index (χ0) is 13.1. The number of ether oxygens (including phenoxy) is 2. The zero-order valence-corrected chi connectivity index (χ0v) is 11.5. The molecule has 0 fully saturated rings. The third-order valence-corrected chi connectivity index (χ3v) is 1.90. The van der Waals surface area contributed by atoms with E-state index in [0.717, 1.165) is 32.5 Å². The van der Waals surface area contributed by atoms with Gasteiger partial charge in [-0.2, -0.15) is 0 Å². The summed E-state index contributed by atoms with van der Waals surface area (Å²) in [6, 6.07) is 0. The molecule has 5 nitrogen and oxygen atoms in total. The Morgan fingerprint density at radius 2 is 1.76 bits per heavy atom. The zero-order valence-electron chi connectivity index (χ0n) is 11.5. The van der Waals surface area contributed by atoms with Crippen molar-refractivity contribution >= 4 is 6.09 Å². The number of rotatable bonds is 8. The van der Waals surface area contributed by atoms with Gasteiger partial charge in [0.1, 0.15) is 5.60 Å². The first-order valence-corrected chi connectivity index (χ1v) is 6.12. The fraction of sp³-hybridized carbons (Fsp3) is 0.917. The summed E-state index contributed by atoms with van der Waals surface area (Å²) in [5.74, 6) is 0. The van der Waals surface area contributed by atoms with Gasteiger partial charge in [-0.15, -0.1) is 0 Å². The van der Waals surface area contributed by atoms with Gasteiger partial charge in [0.2, 0.25) is 0 Å². The molecule has 102 valence electrons. The molecule has 0 aliphatic rings. The molecule has 0 saturated heterocycles. The molecule has 1 amide bonds. The summed E-state index contributed by atoms with van der Waals surface area (Å²) in [4.78, 5) is 11.3. The first-order valence-electron chi connectivity index (χ1n) is 6.12. The molecule has 0 rings (SSSR count). The number of amides is 1. The maximum absolute atomic E-state index is 11.3. The quantitative estimate of drug-likeness (QED) is 0.638. The lowest BCUT2D eigenvalue weighted by molar-refractivity contribution is 0.0527. The number of hydrogen-bond donors (Lipinski definition) is 2. The smallest absolute Gasteiger partial charge is 0.407 e. The van der Waals surface area contributed by atoms with Crippen LogP contribution >= 0.6 is 0 Å². The van der Waals surface area contributed by atoms with E-state index in [1.165, 1.54) is 0 Å². The van der Waals surface area contributed by atoms with Crippen molar-refractivity contribution in [2.45, 2.75) is 39.2 Å². The summed E-state index contributed by atoms with van der Waals surface area (Å²) in [6.07, 6.45) is 1.55. The van der Waals surface area contributed by atoms with Gasteiger partial charge in [0, 0.05) is 20.3 Å². The predicted molar refractivity (Wildman–Crippen MR) is 68.2 cm³/mol. The van der Waals surface area contributed by atoms with Crippen molar-refractivity contribution in [2.24, 2.45) is 0 Å². The van der Waals surface area contributed by atoms with Crippen molar-refractivity contribution in [3.8, 4) is 0 Å². The van der Waals surface area contributed by atoms with Crippen LogP contribution in [0.4, 0.5) is 4.79 Å². The molecular weight excluding hydrogens is 220 g/mol. The van der Waals surface area contributed by atoms with Gasteiger partial charge in [-0.05, 0) is 46.7 Å². The maximum atomic E-state index is 11.3. The lowest BCUT2D eigenvalue weighted by Crippen LogP contribution is -2.34. The summed E-state index contributed by atoms with van der Waals surface area (Å²) in [5.41, 5.74) is -0.428. The molecule has 0 aromatic heterocycles. The molecule has 0 aromatic carbocycles. The van der Waals surface area contributed by atoms with Gasteiger partial charge in [0.25, 0.3) is 0 Å². The van der Waals surface area contributed by atoms with Gasteiger partial charge in [-0.3, -0.25) is 0 Å². The SMILES string of the molecule is COCCCNCCCNC(=O)OC(C)(C)C. The molecule has 0 radical (unpaired) electrons. The second kappa shape index (κ2) is 9.24. The van der Waals surface area contributed by atoms with Gasteiger partial charge in [-0.25, -0.2) is 4.79 Å². The van der Waals surface area contributed by atoms with Crippen molar-refractivity contribution in [1.29, 1.82) is 0 Å². The lowest BCUT2D eigenvalue weighted by atomic mass is 10.2. The Balaban J connectivity index is 3.25. The van der Waals surface area contributed by atoms with Crippen LogP contribution in [0.1, 0.15) is 33.6 Å². The van der Waals surface area contributed by atoms with E-state index in [9.17, 15) is 4.79 Å². The topological polar surface area (TPSA) is 59.6 Å². The molecule has 0 spiro atoms. The van der Waals surface area contributed by atoms with Crippen LogP contribution in [0.3, 0.4) is 0 Å². The van der Waals surface area contributed by atoms with Crippen LogP contribution in [-0.2, 0) is 9.47 Å². The van der Waals surface area contributed by atoms with Gasteiger partial charge in [0.05, 0.1) is 0 Å². The predicted octanol–water partition coefficient (Wildman–Crippen LogP) is 1.53. The number of nitrogens with one attached hydrogen (secondary N) is 2. The third kappa shape index (κ3) is 13.1. The Morgan fingerprint density at radius 1 is 1.12 bits per heavy atom. The number of hydrogen-bond acceptors (Lipinski definition) is 4. The van der Waals surface area contributed by atoms with E-state index in [0.29, 0.717) is 6.54 Å². The molecule has 2 N–H and O–H groups in total. The van der Waals surface area contributed by atoms with Crippen molar-refractivity contribution in [1.82, 2.24) is 10.6 Å². The van der Waals surface area contributed by atoms with Crippen LogP contribution in [0.5, 0.6) is 0 Å². The van der Waals surface area contributed by atoms with E-state index in [1.807, 2.05) is 20.8 Å². The summed E-state index contributed by atoms with van der Waals surface area (Å²) in [6.45, 7) is 8.80. The molecule has 17 heavy (non-hydrogen) atoms. The number of methoxy groups -OCH3 is 1. The summed E-state index contributed by atoms with van der Waals surface area (Å²) >= 11 is 0. The minimum absolute atomic E-state index is 0.350. The van der Waals surface area contributed by atoms with Crippen LogP contribution in [0.25, 0.3) is 0 Å². The highest BCUT2D eigenvalue weighted by Gasteiger charge is 2.15. The van der Waals surface area contributed by atoms with Gasteiger partial charge < -0.3 is 20.1 Å². The summed E-state index contributed by atoms with van der Waals surface area (Å²) in [5, 5.41) is 5.99. The molecule has 5 heteroatoms. The number of carbonyl (C=O) groups is 1. The Bertz CT molecular complexity index is 202. The standard InChI is InChI=1S/C12H26N2O3/c1-12(2,3)17-11(15)14-9-5-7-13-8-6-10-16-4/h13H,5-10H2,1-4H3,(H,14,15). The van der Waals surface area contributed by atoms with Crippen molar-refractivity contribution in [3.63, 3.8) is 0 Å². The van der Waals surface area contributed by atoms with E-state index >= 15 is 0 Å². The highest BCUT2D eigenvalue weighted by Crippen LogP contribution is 2.06. The number of alkyl carbamates (subject to hydrolysis) is 1. The maximum Gasteiger partial charge on any atom is 0.407 e. The van der Waals surface area contributed by atoms with Crippen LogP contribution in [-0.4, -0.2) is 45.0 Å². The summed E-state index contributed by atoms with van der Waals surface area (Å²) in [7, 11) is 1.70. The third-order valence-electron chi connectivity index (χ3n) is 1.90. The lowest BCUT2D eigenvalue weighted by Gasteiger charge is -2.19. The molecule has 0 atom stereocenters. The van der Waals surface area contributed by atoms with Crippen LogP contribution in [0, 0.1) is 0 Å². The molecule has 0 aliphatic heterocycles. The fourth-order valence-corrected chi connectivity index (χ4v) is 1.18. The Kier molecular flexibility index (Phi) is 8.80. The normalized spacial score (nSPS) is 11.3. The Labute approximate surface area is 104 Å². The Hall–Kier alpha value is -0.810. The van der Waals surface area contributed by atoms with E-state index in [1.54, 1.807) is 7.11 Å². The first-order chi connectivity index (χ1) is 7.95. The minimum Gasteiger partial charge on any atom is -0.444 e. The van der Waals surface area contributed by atoms with E-state index in [-0.39, 0.29) is 6.09 Å². The van der Waals surface area contributed by atoms with Crippen LogP contribution in [0.15, 0.2) is 0 Å². The van der Waals surface area contributed by atoms with Gasteiger partial charge in [0.15, 0.2) is 0 Å². The van der Waals surface area contributed by atoms with Crippen molar-refractivity contribution < 1.29 is 14.3 Å². The molecule has 0 saturated carbocycles. The monoisotopic (exact) mass is 246 g/mol. The first kappa shape index (κ1) is 16.2. The molecule has 0 heterocycles. The molecule has 0 aliphatic carbocycles.